The van der Waals surface area contributed by atoms with Gasteiger partial charge in [-0.15, -0.1) is 0 Å². The third-order valence-electron chi connectivity index (χ3n) is 2.98. The summed E-state index contributed by atoms with van der Waals surface area (Å²) in [5, 5.41) is 3.29. The monoisotopic (exact) mass is 224 g/mol. The number of aromatic nitrogens is 2. The largest absolute Gasteiger partial charge is 0.383 e. The molecule has 1 saturated heterocycles. The first-order valence-electron chi connectivity index (χ1n) is 5.69. The molecule has 1 aromatic heterocycles. The Bertz CT molecular complexity index is 350. The van der Waals surface area contributed by atoms with Crippen molar-refractivity contribution in [2.24, 2.45) is 0 Å². The second-order valence-corrected chi connectivity index (χ2v) is 4.10. The summed E-state index contributed by atoms with van der Waals surface area (Å²) in [5.41, 5.74) is 6.49. The fraction of sp³-hybridized carbons (Fsp3) is 0.636. The summed E-state index contributed by atoms with van der Waals surface area (Å²) in [6.45, 7) is 1.58. The lowest BCUT2D eigenvalue weighted by atomic mass is 9.97. The molecule has 16 heavy (non-hydrogen) atoms. The first-order chi connectivity index (χ1) is 7.81. The van der Waals surface area contributed by atoms with Crippen LogP contribution in [0.25, 0.3) is 0 Å². The van der Waals surface area contributed by atoms with Crippen LogP contribution in [-0.2, 0) is 6.42 Å². The zero-order valence-corrected chi connectivity index (χ0v) is 9.25. The molecular formula is C11H17FN4. The third-order valence-corrected chi connectivity index (χ3v) is 2.98. The standard InChI is InChI=1S/C11H17FN4/c12-4-1-9-7-15-11(16-10(9)13)8-2-5-14-6-3-8/h7-8,14H,1-6H2,(H2,13,15,16). The maximum absolute atomic E-state index is 12.2. The lowest BCUT2D eigenvalue weighted by Gasteiger charge is -2.21. The molecule has 0 amide bonds. The van der Waals surface area contributed by atoms with E-state index in [0.29, 0.717) is 23.7 Å². The molecule has 1 aliphatic heterocycles. The van der Waals surface area contributed by atoms with Crippen molar-refractivity contribution in [2.45, 2.75) is 25.2 Å². The molecule has 0 bridgehead atoms. The Morgan fingerprint density at radius 1 is 1.44 bits per heavy atom. The Hall–Kier alpha value is -1.23. The van der Waals surface area contributed by atoms with E-state index in [0.717, 1.165) is 31.8 Å². The van der Waals surface area contributed by atoms with Gasteiger partial charge in [-0.05, 0) is 25.9 Å². The minimum absolute atomic E-state index is 0.304. The lowest BCUT2D eigenvalue weighted by Crippen LogP contribution is -2.27. The first-order valence-corrected chi connectivity index (χ1v) is 5.69. The quantitative estimate of drug-likeness (QED) is 0.805. The summed E-state index contributed by atoms with van der Waals surface area (Å²) < 4.78 is 12.2. The van der Waals surface area contributed by atoms with Crippen molar-refractivity contribution in [1.29, 1.82) is 0 Å². The van der Waals surface area contributed by atoms with Gasteiger partial charge in [-0.25, -0.2) is 9.97 Å². The number of hydrogen-bond acceptors (Lipinski definition) is 4. The number of nitrogens with one attached hydrogen (secondary N) is 1. The van der Waals surface area contributed by atoms with Crippen LogP contribution in [-0.4, -0.2) is 29.7 Å². The van der Waals surface area contributed by atoms with Gasteiger partial charge in [0.05, 0.1) is 6.67 Å². The second-order valence-electron chi connectivity index (χ2n) is 4.10. The number of anilines is 1. The SMILES string of the molecule is Nc1nc(C2CCNCC2)ncc1CCF. The van der Waals surface area contributed by atoms with Crippen LogP contribution in [0.15, 0.2) is 6.20 Å². The predicted octanol–water partition coefficient (Wildman–Crippen LogP) is 1.04. The van der Waals surface area contributed by atoms with E-state index in [9.17, 15) is 4.39 Å². The fourth-order valence-corrected chi connectivity index (χ4v) is 2.01. The zero-order chi connectivity index (χ0) is 11.4. The van der Waals surface area contributed by atoms with Crippen LogP contribution in [0.3, 0.4) is 0 Å². The van der Waals surface area contributed by atoms with Crippen LogP contribution in [0, 0.1) is 0 Å². The highest BCUT2D eigenvalue weighted by Crippen LogP contribution is 2.23. The van der Waals surface area contributed by atoms with Gasteiger partial charge in [-0.1, -0.05) is 0 Å². The third kappa shape index (κ3) is 2.47. The molecule has 1 fully saturated rings. The molecule has 0 radical (unpaired) electrons. The molecule has 2 rings (SSSR count). The van der Waals surface area contributed by atoms with E-state index in [1.54, 1.807) is 6.20 Å². The van der Waals surface area contributed by atoms with Crippen LogP contribution in [0.1, 0.15) is 30.1 Å². The molecule has 0 saturated carbocycles. The van der Waals surface area contributed by atoms with Crippen LogP contribution in [0.5, 0.6) is 0 Å². The van der Waals surface area contributed by atoms with Crippen LogP contribution in [0.4, 0.5) is 10.2 Å². The highest BCUT2D eigenvalue weighted by molar-refractivity contribution is 5.38. The van der Waals surface area contributed by atoms with Crippen molar-refractivity contribution in [1.82, 2.24) is 15.3 Å². The van der Waals surface area contributed by atoms with Gasteiger partial charge in [0.1, 0.15) is 11.6 Å². The van der Waals surface area contributed by atoms with Crippen molar-refractivity contribution >= 4 is 5.82 Å². The molecule has 0 aliphatic carbocycles. The molecule has 1 aromatic rings. The van der Waals surface area contributed by atoms with Crippen LogP contribution in [0.2, 0.25) is 0 Å². The number of halogens is 1. The molecule has 4 nitrogen and oxygen atoms in total. The number of piperidine rings is 1. The maximum atomic E-state index is 12.2. The predicted molar refractivity (Wildman–Crippen MR) is 61.0 cm³/mol. The summed E-state index contributed by atoms with van der Waals surface area (Å²) in [6, 6.07) is 0. The van der Waals surface area contributed by atoms with Crippen LogP contribution >= 0.6 is 0 Å². The molecule has 0 unspecified atom stereocenters. The molecular weight excluding hydrogens is 207 g/mol. The van der Waals surface area contributed by atoms with Gasteiger partial charge in [0.2, 0.25) is 0 Å². The average molecular weight is 224 g/mol. The van der Waals surface area contributed by atoms with Gasteiger partial charge < -0.3 is 11.1 Å². The van der Waals surface area contributed by atoms with E-state index in [1.807, 2.05) is 0 Å². The molecule has 0 spiro atoms. The highest BCUT2D eigenvalue weighted by atomic mass is 19.1. The first kappa shape index (κ1) is 11.3. The summed E-state index contributed by atoms with van der Waals surface area (Å²) in [4.78, 5) is 8.58. The number of nitrogen functional groups attached to an aromatic ring is 1. The number of alkyl halides is 1. The maximum Gasteiger partial charge on any atom is 0.133 e. The number of nitrogens with zero attached hydrogens (tertiary/aromatic N) is 2. The van der Waals surface area contributed by atoms with E-state index in [2.05, 4.69) is 15.3 Å². The van der Waals surface area contributed by atoms with E-state index < -0.39 is 6.67 Å². The lowest BCUT2D eigenvalue weighted by molar-refractivity contribution is 0.444. The van der Waals surface area contributed by atoms with E-state index >= 15 is 0 Å². The summed E-state index contributed by atoms with van der Waals surface area (Å²) in [5.74, 6) is 1.63. The van der Waals surface area contributed by atoms with Crippen molar-refractivity contribution in [3.8, 4) is 0 Å². The number of aryl methyl sites for hydroxylation is 1. The number of rotatable bonds is 3. The molecule has 1 aliphatic rings. The van der Waals surface area contributed by atoms with Crippen molar-refractivity contribution in [3.05, 3.63) is 17.6 Å². The molecule has 0 atom stereocenters. The van der Waals surface area contributed by atoms with E-state index in [4.69, 9.17) is 5.73 Å². The van der Waals surface area contributed by atoms with Crippen LogP contribution < -0.4 is 11.1 Å². The number of nitrogens with two attached hydrogens (primary N) is 1. The smallest absolute Gasteiger partial charge is 0.133 e. The Labute approximate surface area is 94.5 Å². The molecule has 88 valence electrons. The average Bonchev–Trinajstić information content (AvgIpc) is 2.33. The highest BCUT2D eigenvalue weighted by Gasteiger charge is 2.18. The van der Waals surface area contributed by atoms with Crippen molar-refractivity contribution < 1.29 is 4.39 Å². The fourth-order valence-electron chi connectivity index (χ4n) is 2.01. The summed E-state index contributed by atoms with van der Waals surface area (Å²) in [6.07, 6.45) is 4.06. The number of hydrogen-bond donors (Lipinski definition) is 2. The van der Waals surface area contributed by atoms with Gasteiger partial charge in [0.15, 0.2) is 0 Å². The summed E-state index contributed by atoms with van der Waals surface area (Å²) >= 11 is 0. The van der Waals surface area contributed by atoms with Gasteiger partial charge in [0.25, 0.3) is 0 Å². The topological polar surface area (TPSA) is 63.8 Å². The Morgan fingerprint density at radius 2 is 2.19 bits per heavy atom. The molecule has 5 heteroatoms. The second kappa shape index (κ2) is 5.21. The van der Waals surface area contributed by atoms with Gasteiger partial charge in [0, 0.05) is 24.1 Å². The molecule has 3 N–H and O–H groups in total. The molecule has 2 heterocycles. The Morgan fingerprint density at radius 3 is 2.81 bits per heavy atom. The zero-order valence-electron chi connectivity index (χ0n) is 9.25. The van der Waals surface area contributed by atoms with E-state index in [1.165, 1.54) is 0 Å². The minimum atomic E-state index is -0.416. The Kier molecular flexibility index (Phi) is 3.66. The summed E-state index contributed by atoms with van der Waals surface area (Å²) in [7, 11) is 0. The Balaban J connectivity index is 2.13. The van der Waals surface area contributed by atoms with Gasteiger partial charge in [-0.3, -0.25) is 4.39 Å². The molecule has 0 aromatic carbocycles. The van der Waals surface area contributed by atoms with Gasteiger partial charge in [-0.2, -0.15) is 0 Å². The van der Waals surface area contributed by atoms with E-state index in [-0.39, 0.29) is 0 Å². The normalized spacial score (nSPS) is 17.6. The van der Waals surface area contributed by atoms with Gasteiger partial charge >= 0.3 is 0 Å². The van der Waals surface area contributed by atoms with Crippen molar-refractivity contribution in [2.75, 3.05) is 25.5 Å². The van der Waals surface area contributed by atoms with Crippen molar-refractivity contribution in [3.63, 3.8) is 0 Å². The minimum Gasteiger partial charge on any atom is -0.383 e.